The number of aliphatic hydroxyl groups excluding tert-OH is 1. The highest BCUT2D eigenvalue weighted by atomic mass is 35.5. The second-order valence-electron chi connectivity index (χ2n) is 9.19. The van der Waals surface area contributed by atoms with Gasteiger partial charge in [0.2, 0.25) is 0 Å². The minimum atomic E-state index is -0.259. The molecule has 4 heterocycles. The van der Waals surface area contributed by atoms with Crippen LogP contribution in [0.25, 0.3) is 0 Å². The van der Waals surface area contributed by atoms with Crippen molar-refractivity contribution in [3.8, 4) is 0 Å². The van der Waals surface area contributed by atoms with E-state index in [0.717, 1.165) is 22.9 Å². The molecule has 34 heavy (non-hydrogen) atoms. The molecule has 0 amide bonds. The summed E-state index contributed by atoms with van der Waals surface area (Å²) in [4.78, 5) is 34.6. The Balaban J connectivity index is 1.45. The maximum Gasteiger partial charge on any atom is 0.183 e. The molecule has 3 aromatic rings. The summed E-state index contributed by atoms with van der Waals surface area (Å²) in [5.41, 5.74) is 2.94. The molecule has 178 valence electrons. The van der Waals surface area contributed by atoms with Gasteiger partial charge >= 0.3 is 0 Å². The fourth-order valence-electron chi connectivity index (χ4n) is 3.48. The number of ketones is 1. The predicted octanol–water partition coefficient (Wildman–Crippen LogP) is 3.66. The largest absolute Gasteiger partial charge is 0.395 e. The van der Waals surface area contributed by atoms with Crippen LogP contribution in [0.4, 0.5) is 11.5 Å². The topological polar surface area (TPSA) is 139 Å². The third-order valence-electron chi connectivity index (χ3n) is 5.37. The molecule has 0 saturated heterocycles. The van der Waals surface area contributed by atoms with Crippen LogP contribution < -0.4 is 5.32 Å². The number of rotatable bonds is 8. The number of Topliss-reactive ketones (excluding diaryl/α,β-unsaturated/α-hetero) is 1. The van der Waals surface area contributed by atoms with Crippen LogP contribution in [-0.2, 0) is 11.8 Å². The summed E-state index contributed by atoms with van der Waals surface area (Å²) in [5.74, 6) is 1.13. The zero-order valence-corrected chi connectivity index (χ0v) is 20.2. The second-order valence-corrected chi connectivity index (χ2v) is 9.57. The van der Waals surface area contributed by atoms with Gasteiger partial charge in [-0.25, -0.2) is 24.9 Å². The van der Waals surface area contributed by atoms with Crippen molar-refractivity contribution in [2.45, 2.75) is 51.9 Å². The third kappa shape index (κ3) is 4.97. The first-order chi connectivity index (χ1) is 16.2. The van der Waals surface area contributed by atoms with Crippen molar-refractivity contribution in [2.75, 3.05) is 18.5 Å². The maximum absolute atomic E-state index is 12.8. The Bertz CT molecular complexity index is 1250. The molecule has 1 aliphatic rings. The lowest BCUT2D eigenvalue weighted by molar-refractivity contribution is 0.0967. The fourth-order valence-corrected chi connectivity index (χ4v) is 3.75. The Labute approximate surface area is 201 Å². The first kappa shape index (κ1) is 23.9. The van der Waals surface area contributed by atoms with Gasteiger partial charge < -0.3 is 14.9 Å². The molecule has 0 saturated carbocycles. The summed E-state index contributed by atoms with van der Waals surface area (Å²) in [6.45, 7) is 8.25. The lowest BCUT2D eigenvalue weighted by Crippen LogP contribution is -2.16. The number of aliphatic imine (C=N–C) groups is 1. The van der Waals surface area contributed by atoms with Gasteiger partial charge in [0.1, 0.15) is 45.8 Å². The molecule has 1 aliphatic heterocycles. The SMILES string of the molecule is C[C@@H](CC(=O)c1ncnc(NCCO)c1Cl)c1cc(C2=Nc3cnc(C(C)(C)C)nc3C2)no1. The number of halogens is 1. The van der Waals surface area contributed by atoms with Gasteiger partial charge in [-0.2, -0.15) is 0 Å². The monoisotopic (exact) mass is 483 g/mol. The standard InChI is InChI=1S/C23H26ClN7O3/c1-12(7-17(33)20-19(24)21(25-5-6-32)28-11-27-20)18-9-15(31-34-18)13-8-14-16(29-13)10-26-22(30-14)23(2,3)4/h9-12,32H,5-8H2,1-4H3,(H,25,27,28)/t12-/m0/s1. The molecule has 10 nitrogen and oxygen atoms in total. The number of carbonyl (C=O) groups excluding carboxylic acids is 1. The molecular formula is C23H26ClN7O3. The van der Waals surface area contributed by atoms with E-state index in [1.165, 1.54) is 6.33 Å². The van der Waals surface area contributed by atoms with E-state index in [2.05, 4.69) is 56.2 Å². The molecule has 4 rings (SSSR count). The molecule has 3 aromatic heterocycles. The number of hydrogen-bond acceptors (Lipinski definition) is 10. The first-order valence-electron chi connectivity index (χ1n) is 11.0. The Morgan fingerprint density at radius 2 is 2.09 bits per heavy atom. The van der Waals surface area contributed by atoms with Gasteiger partial charge in [0, 0.05) is 36.8 Å². The molecule has 11 heteroatoms. The highest BCUT2D eigenvalue weighted by Crippen LogP contribution is 2.31. The minimum absolute atomic E-state index is 0.0881. The average Bonchev–Trinajstić information content (AvgIpc) is 3.44. The zero-order chi connectivity index (χ0) is 24.5. The van der Waals surface area contributed by atoms with Gasteiger partial charge in [0.25, 0.3) is 0 Å². The fraction of sp³-hybridized carbons (Fsp3) is 0.435. The van der Waals surface area contributed by atoms with Crippen molar-refractivity contribution < 1.29 is 14.4 Å². The summed E-state index contributed by atoms with van der Waals surface area (Å²) in [6, 6.07) is 1.80. The van der Waals surface area contributed by atoms with E-state index < -0.39 is 0 Å². The van der Waals surface area contributed by atoms with Crippen molar-refractivity contribution in [3.63, 3.8) is 0 Å². The number of hydrogen-bond donors (Lipinski definition) is 2. The number of aromatic nitrogens is 5. The van der Waals surface area contributed by atoms with E-state index in [-0.39, 0.29) is 47.4 Å². The number of nitrogens with zero attached hydrogens (tertiary/aromatic N) is 6. The van der Waals surface area contributed by atoms with Crippen LogP contribution in [0.15, 0.2) is 28.1 Å². The highest BCUT2D eigenvalue weighted by molar-refractivity contribution is 6.35. The van der Waals surface area contributed by atoms with Gasteiger partial charge in [0.05, 0.1) is 24.2 Å². The quantitative estimate of drug-likeness (QED) is 0.459. The lowest BCUT2D eigenvalue weighted by atomic mass is 9.95. The number of carbonyl (C=O) groups is 1. The Hall–Kier alpha value is -3.24. The zero-order valence-electron chi connectivity index (χ0n) is 19.5. The molecule has 0 bridgehead atoms. The smallest absolute Gasteiger partial charge is 0.183 e. The van der Waals surface area contributed by atoms with Gasteiger partial charge in [-0.3, -0.25) is 4.79 Å². The van der Waals surface area contributed by atoms with Crippen molar-refractivity contribution in [3.05, 3.63) is 52.3 Å². The molecule has 0 unspecified atom stereocenters. The molecular weight excluding hydrogens is 458 g/mol. The molecule has 0 fully saturated rings. The van der Waals surface area contributed by atoms with Crippen LogP contribution in [-0.4, -0.2) is 54.8 Å². The molecule has 0 spiro atoms. The van der Waals surface area contributed by atoms with E-state index in [4.69, 9.17) is 21.2 Å². The number of aliphatic hydroxyl groups is 1. The molecule has 0 radical (unpaired) electrons. The Morgan fingerprint density at radius 1 is 1.29 bits per heavy atom. The van der Waals surface area contributed by atoms with Crippen LogP contribution in [0.3, 0.4) is 0 Å². The summed E-state index contributed by atoms with van der Waals surface area (Å²) < 4.78 is 5.53. The highest BCUT2D eigenvalue weighted by Gasteiger charge is 2.26. The normalized spacial score (nSPS) is 14.0. The lowest BCUT2D eigenvalue weighted by Gasteiger charge is -2.16. The van der Waals surface area contributed by atoms with Gasteiger partial charge in [-0.05, 0) is 0 Å². The van der Waals surface area contributed by atoms with Crippen molar-refractivity contribution in [1.82, 2.24) is 25.1 Å². The van der Waals surface area contributed by atoms with Gasteiger partial charge in [-0.15, -0.1) is 0 Å². The van der Waals surface area contributed by atoms with E-state index in [1.54, 1.807) is 12.3 Å². The van der Waals surface area contributed by atoms with Crippen LogP contribution in [0, 0.1) is 0 Å². The van der Waals surface area contributed by atoms with Crippen molar-refractivity contribution in [1.29, 1.82) is 0 Å². The number of fused-ring (bicyclic) bond motifs is 1. The maximum atomic E-state index is 12.8. The molecule has 0 aromatic carbocycles. The minimum Gasteiger partial charge on any atom is -0.395 e. The second kappa shape index (κ2) is 9.55. The van der Waals surface area contributed by atoms with Crippen LogP contribution in [0.2, 0.25) is 5.02 Å². The van der Waals surface area contributed by atoms with Gasteiger partial charge in [-0.1, -0.05) is 44.5 Å². The number of nitrogens with one attached hydrogen (secondary N) is 1. The third-order valence-corrected chi connectivity index (χ3v) is 5.72. The van der Waals surface area contributed by atoms with Crippen molar-refractivity contribution in [2.24, 2.45) is 4.99 Å². The van der Waals surface area contributed by atoms with Crippen LogP contribution in [0.5, 0.6) is 0 Å². The molecule has 0 aliphatic carbocycles. The van der Waals surface area contributed by atoms with Crippen molar-refractivity contribution >= 4 is 34.6 Å². The van der Waals surface area contributed by atoms with Gasteiger partial charge in [0.15, 0.2) is 5.78 Å². The average molecular weight is 484 g/mol. The summed E-state index contributed by atoms with van der Waals surface area (Å²) >= 11 is 6.29. The Kier molecular flexibility index (Phi) is 6.72. The Morgan fingerprint density at radius 3 is 2.82 bits per heavy atom. The summed E-state index contributed by atoms with van der Waals surface area (Å²) in [7, 11) is 0. The summed E-state index contributed by atoms with van der Waals surface area (Å²) in [6.07, 6.45) is 3.67. The number of anilines is 1. The van der Waals surface area contributed by atoms with Crippen LogP contribution in [0.1, 0.15) is 73.5 Å². The van der Waals surface area contributed by atoms with E-state index in [1.807, 2.05) is 6.92 Å². The van der Waals surface area contributed by atoms with Crippen LogP contribution >= 0.6 is 11.6 Å². The molecule has 1 atom stereocenters. The van der Waals surface area contributed by atoms with E-state index >= 15 is 0 Å². The first-order valence-corrected chi connectivity index (χ1v) is 11.3. The molecule has 2 N–H and O–H groups in total. The van der Waals surface area contributed by atoms with E-state index in [0.29, 0.717) is 23.7 Å². The summed E-state index contributed by atoms with van der Waals surface area (Å²) in [5, 5.41) is 16.1. The predicted molar refractivity (Wildman–Crippen MR) is 127 cm³/mol. The van der Waals surface area contributed by atoms with E-state index in [9.17, 15) is 4.79 Å².